The fourth-order valence-corrected chi connectivity index (χ4v) is 2.60. The second-order valence-electron chi connectivity index (χ2n) is 4.87. The van der Waals surface area contributed by atoms with Gasteiger partial charge in [-0.15, -0.1) is 11.6 Å². The highest BCUT2D eigenvalue weighted by molar-refractivity contribution is 6.18. The zero-order valence-corrected chi connectivity index (χ0v) is 12.2. The molecule has 0 aromatic heterocycles. The Morgan fingerprint density at radius 2 is 1.79 bits per heavy atom. The lowest BCUT2D eigenvalue weighted by molar-refractivity contribution is 0.0644. The zero-order chi connectivity index (χ0) is 13.7. The van der Waals surface area contributed by atoms with Gasteiger partial charge in [-0.1, -0.05) is 19.1 Å². The first kappa shape index (κ1) is 14.4. The Hall–Kier alpha value is -1.06. The number of hydrogen-bond acceptors (Lipinski definition) is 2. The first-order valence-corrected chi connectivity index (χ1v) is 7.44. The SMILES string of the molecule is CCc1ccc(C(=O)N2CCN(CCCl)CC2)cc1. The lowest BCUT2D eigenvalue weighted by atomic mass is 10.1. The number of alkyl halides is 1. The average Bonchev–Trinajstić information content (AvgIpc) is 2.48. The highest BCUT2D eigenvalue weighted by Gasteiger charge is 2.21. The Labute approximate surface area is 120 Å². The Bertz CT molecular complexity index is 411. The Morgan fingerprint density at radius 1 is 1.16 bits per heavy atom. The molecule has 1 amide bonds. The number of carbonyl (C=O) groups is 1. The van der Waals surface area contributed by atoms with Gasteiger partial charge in [-0.05, 0) is 24.1 Å². The summed E-state index contributed by atoms with van der Waals surface area (Å²) in [4.78, 5) is 16.6. The molecule has 19 heavy (non-hydrogen) atoms. The number of benzene rings is 1. The van der Waals surface area contributed by atoms with Crippen molar-refractivity contribution < 1.29 is 4.79 Å². The van der Waals surface area contributed by atoms with Gasteiger partial charge in [-0.2, -0.15) is 0 Å². The highest BCUT2D eigenvalue weighted by Crippen LogP contribution is 2.10. The van der Waals surface area contributed by atoms with Crippen molar-refractivity contribution in [1.29, 1.82) is 0 Å². The van der Waals surface area contributed by atoms with E-state index in [9.17, 15) is 4.79 Å². The minimum atomic E-state index is 0.146. The molecule has 0 N–H and O–H groups in total. The summed E-state index contributed by atoms with van der Waals surface area (Å²) in [5, 5.41) is 0. The van der Waals surface area contributed by atoms with Crippen LogP contribution in [0.15, 0.2) is 24.3 Å². The fourth-order valence-electron chi connectivity index (χ4n) is 2.36. The van der Waals surface area contributed by atoms with Crippen LogP contribution in [0.3, 0.4) is 0 Å². The molecule has 0 saturated carbocycles. The summed E-state index contributed by atoms with van der Waals surface area (Å²) < 4.78 is 0. The summed E-state index contributed by atoms with van der Waals surface area (Å²) in [5.41, 5.74) is 2.06. The highest BCUT2D eigenvalue weighted by atomic mass is 35.5. The molecule has 0 aliphatic carbocycles. The van der Waals surface area contributed by atoms with Crippen molar-refractivity contribution in [1.82, 2.24) is 9.80 Å². The second kappa shape index (κ2) is 6.92. The van der Waals surface area contributed by atoms with E-state index in [-0.39, 0.29) is 5.91 Å². The van der Waals surface area contributed by atoms with Crippen LogP contribution in [0.25, 0.3) is 0 Å². The molecule has 104 valence electrons. The van der Waals surface area contributed by atoms with Crippen LogP contribution in [0.5, 0.6) is 0 Å². The molecule has 1 fully saturated rings. The maximum atomic E-state index is 12.3. The summed E-state index contributed by atoms with van der Waals surface area (Å²) >= 11 is 5.74. The fraction of sp³-hybridized carbons (Fsp3) is 0.533. The van der Waals surface area contributed by atoms with Crippen LogP contribution in [-0.4, -0.2) is 54.3 Å². The van der Waals surface area contributed by atoms with E-state index in [1.165, 1.54) is 5.56 Å². The lowest BCUT2D eigenvalue weighted by Crippen LogP contribution is -2.49. The van der Waals surface area contributed by atoms with Crippen LogP contribution in [0.1, 0.15) is 22.8 Å². The van der Waals surface area contributed by atoms with Crippen LogP contribution in [0, 0.1) is 0 Å². The predicted octanol–water partition coefficient (Wildman–Crippen LogP) is 2.25. The molecule has 1 saturated heterocycles. The molecule has 1 aromatic rings. The number of nitrogens with zero attached hydrogens (tertiary/aromatic N) is 2. The van der Waals surface area contributed by atoms with E-state index in [0.29, 0.717) is 5.88 Å². The minimum absolute atomic E-state index is 0.146. The monoisotopic (exact) mass is 280 g/mol. The number of amides is 1. The van der Waals surface area contributed by atoms with Gasteiger partial charge in [0.2, 0.25) is 0 Å². The summed E-state index contributed by atoms with van der Waals surface area (Å²) in [6, 6.07) is 7.95. The van der Waals surface area contributed by atoms with Crippen LogP contribution >= 0.6 is 11.6 Å². The van der Waals surface area contributed by atoms with Gasteiger partial charge in [-0.25, -0.2) is 0 Å². The second-order valence-corrected chi connectivity index (χ2v) is 5.25. The van der Waals surface area contributed by atoms with Crippen LogP contribution in [0.4, 0.5) is 0 Å². The molecule has 0 unspecified atom stereocenters. The number of halogens is 1. The van der Waals surface area contributed by atoms with E-state index in [2.05, 4.69) is 11.8 Å². The van der Waals surface area contributed by atoms with Crippen molar-refractivity contribution >= 4 is 17.5 Å². The molecule has 1 heterocycles. The molecule has 0 spiro atoms. The molecular weight excluding hydrogens is 260 g/mol. The summed E-state index contributed by atoms with van der Waals surface area (Å²) in [5.74, 6) is 0.806. The summed E-state index contributed by atoms with van der Waals surface area (Å²) in [6.45, 7) is 6.47. The van der Waals surface area contributed by atoms with Gasteiger partial charge in [0.25, 0.3) is 5.91 Å². The van der Waals surface area contributed by atoms with Crippen molar-refractivity contribution in [2.24, 2.45) is 0 Å². The normalized spacial score (nSPS) is 16.6. The van der Waals surface area contributed by atoms with Gasteiger partial charge >= 0.3 is 0 Å². The van der Waals surface area contributed by atoms with E-state index in [4.69, 9.17) is 11.6 Å². The minimum Gasteiger partial charge on any atom is -0.336 e. The molecule has 3 nitrogen and oxygen atoms in total. The van der Waals surface area contributed by atoms with Crippen LogP contribution < -0.4 is 0 Å². The number of aryl methyl sites for hydroxylation is 1. The predicted molar refractivity (Wildman–Crippen MR) is 78.9 cm³/mol. The van der Waals surface area contributed by atoms with E-state index in [0.717, 1.165) is 44.7 Å². The third kappa shape index (κ3) is 3.71. The molecule has 0 bridgehead atoms. The van der Waals surface area contributed by atoms with Gasteiger partial charge in [0, 0.05) is 44.2 Å². The van der Waals surface area contributed by atoms with Gasteiger partial charge in [0.15, 0.2) is 0 Å². The molecule has 2 rings (SSSR count). The Kier molecular flexibility index (Phi) is 5.23. The van der Waals surface area contributed by atoms with Crippen molar-refractivity contribution in [3.63, 3.8) is 0 Å². The zero-order valence-electron chi connectivity index (χ0n) is 11.4. The molecule has 1 aliphatic rings. The average molecular weight is 281 g/mol. The largest absolute Gasteiger partial charge is 0.336 e. The van der Waals surface area contributed by atoms with E-state index < -0.39 is 0 Å². The third-order valence-corrected chi connectivity index (χ3v) is 3.84. The topological polar surface area (TPSA) is 23.6 Å². The Morgan fingerprint density at radius 3 is 2.32 bits per heavy atom. The standard InChI is InChI=1S/C15H21ClN2O/c1-2-13-3-5-14(6-4-13)15(19)18-11-9-17(8-7-16)10-12-18/h3-6H,2,7-12H2,1H3. The van der Waals surface area contributed by atoms with Crippen molar-refractivity contribution in [2.75, 3.05) is 38.6 Å². The van der Waals surface area contributed by atoms with Gasteiger partial charge in [0.1, 0.15) is 0 Å². The van der Waals surface area contributed by atoms with Crippen molar-refractivity contribution in [3.8, 4) is 0 Å². The van der Waals surface area contributed by atoms with E-state index in [1.807, 2.05) is 29.2 Å². The van der Waals surface area contributed by atoms with E-state index >= 15 is 0 Å². The first-order valence-electron chi connectivity index (χ1n) is 6.91. The molecule has 0 atom stereocenters. The molecule has 1 aliphatic heterocycles. The maximum Gasteiger partial charge on any atom is 0.253 e. The molecule has 0 radical (unpaired) electrons. The number of rotatable bonds is 4. The van der Waals surface area contributed by atoms with Crippen molar-refractivity contribution in [2.45, 2.75) is 13.3 Å². The van der Waals surface area contributed by atoms with Crippen LogP contribution in [0.2, 0.25) is 0 Å². The molecular formula is C15H21ClN2O. The summed E-state index contributed by atoms with van der Waals surface area (Å²) in [6.07, 6.45) is 1.01. The summed E-state index contributed by atoms with van der Waals surface area (Å²) in [7, 11) is 0. The van der Waals surface area contributed by atoms with Gasteiger partial charge in [-0.3, -0.25) is 9.69 Å². The quantitative estimate of drug-likeness (QED) is 0.790. The smallest absolute Gasteiger partial charge is 0.253 e. The molecule has 1 aromatic carbocycles. The maximum absolute atomic E-state index is 12.3. The van der Waals surface area contributed by atoms with Gasteiger partial charge in [0.05, 0.1) is 0 Å². The number of carbonyl (C=O) groups excluding carboxylic acids is 1. The van der Waals surface area contributed by atoms with Crippen molar-refractivity contribution in [3.05, 3.63) is 35.4 Å². The number of hydrogen-bond donors (Lipinski definition) is 0. The van der Waals surface area contributed by atoms with Gasteiger partial charge < -0.3 is 4.90 Å². The first-order chi connectivity index (χ1) is 9.24. The number of piperazine rings is 1. The Balaban J connectivity index is 1.93. The van der Waals surface area contributed by atoms with E-state index in [1.54, 1.807) is 0 Å². The van der Waals surface area contributed by atoms with Crippen LogP contribution in [-0.2, 0) is 6.42 Å². The molecule has 4 heteroatoms. The third-order valence-electron chi connectivity index (χ3n) is 3.67. The lowest BCUT2D eigenvalue weighted by Gasteiger charge is -2.34.